The van der Waals surface area contributed by atoms with Gasteiger partial charge in [-0.05, 0) is 13.5 Å². The largest absolute Gasteiger partial charge is 0.379 e. The molecule has 3 heteroatoms. The van der Waals surface area contributed by atoms with Gasteiger partial charge in [0.2, 0.25) is 0 Å². The standard InChI is InChI=1S/C8H16N2O/c1-10-4-3-9-6-8(10)2-5-11-7-8/h9H,2-7H2,1H3/t8-/m1/s1. The predicted octanol–water partition coefficient (Wildman–Crippen LogP) is -0.319. The summed E-state index contributed by atoms with van der Waals surface area (Å²) in [5, 5.41) is 3.43. The summed E-state index contributed by atoms with van der Waals surface area (Å²) in [6, 6.07) is 0. The van der Waals surface area contributed by atoms with E-state index in [9.17, 15) is 0 Å². The van der Waals surface area contributed by atoms with Crippen LogP contribution >= 0.6 is 0 Å². The number of ether oxygens (including phenoxy) is 1. The Balaban J connectivity index is 2.07. The van der Waals surface area contributed by atoms with Crippen LogP contribution in [0.15, 0.2) is 0 Å². The molecule has 0 radical (unpaired) electrons. The lowest BCUT2D eigenvalue weighted by Crippen LogP contribution is -2.60. The van der Waals surface area contributed by atoms with Crippen LogP contribution in [0.2, 0.25) is 0 Å². The fourth-order valence-electron chi connectivity index (χ4n) is 1.98. The molecule has 0 bridgehead atoms. The van der Waals surface area contributed by atoms with Gasteiger partial charge < -0.3 is 10.1 Å². The number of hydrogen-bond donors (Lipinski definition) is 1. The quantitative estimate of drug-likeness (QED) is 0.520. The molecule has 0 amide bonds. The molecule has 2 aliphatic rings. The highest BCUT2D eigenvalue weighted by Gasteiger charge is 2.39. The van der Waals surface area contributed by atoms with Crippen LogP contribution < -0.4 is 5.32 Å². The maximum Gasteiger partial charge on any atom is 0.0663 e. The number of rotatable bonds is 0. The van der Waals surface area contributed by atoms with E-state index in [0.29, 0.717) is 5.54 Å². The van der Waals surface area contributed by atoms with Crippen molar-refractivity contribution in [2.75, 3.05) is 39.9 Å². The monoisotopic (exact) mass is 156 g/mol. The Morgan fingerprint density at radius 2 is 2.45 bits per heavy atom. The maximum atomic E-state index is 5.43. The van der Waals surface area contributed by atoms with E-state index in [-0.39, 0.29) is 0 Å². The second-order valence-corrected chi connectivity index (χ2v) is 3.63. The van der Waals surface area contributed by atoms with Crippen molar-refractivity contribution in [3.05, 3.63) is 0 Å². The summed E-state index contributed by atoms with van der Waals surface area (Å²) in [7, 11) is 2.20. The minimum Gasteiger partial charge on any atom is -0.379 e. The van der Waals surface area contributed by atoms with E-state index in [0.717, 1.165) is 32.8 Å². The Morgan fingerprint density at radius 3 is 3.09 bits per heavy atom. The summed E-state index contributed by atoms with van der Waals surface area (Å²) in [4.78, 5) is 2.44. The van der Waals surface area contributed by atoms with Gasteiger partial charge in [-0.3, -0.25) is 4.90 Å². The third-order valence-corrected chi connectivity index (χ3v) is 2.97. The van der Waals surface area contributed by atoms with Crippen LogP contribution in [-0.4, -0.2) is 50.3 Å². The summed E-state index contributed by atoms with van der Waals surface area (Å²) in [6.07, 6.45) is 1.19. The highest BCUT2D eigenvalue weighted by molar-refractivity contribution is 4.97. The lowest BCUT2D eigenvalue weighted by atomic mass is 9.95. The molecule has 1 N–H and O–H groups in total. The maximum absolute atomic E-state index is 5.43. The van der Waals surface area contributed by atoms with Crippen LogP contribution in [0.1, 0.15) is 6.42 Å². The topological polar surface area (TPSA) is 24.5 Å². The molecule has 2 rings (SSSR count). The summed E-state index contributed by atoms with van der Waals surface area (Å²) < 4.78 is 5.43. The molecule has 11 heavy (non-hydrogen) atoms. The molecule has 2 aliphatic heterocycles. The zero-order valence-electron chi connectivity index (χ0n) is 7.10. The van der Waals surface area contributed by atoms with Crippen LogP contribution in [0.4, 0.5) is 0 Å². The van der Waals surface area contributed by atoms with Gasteiger partial charge in [-0.2, -0.15) is 0 Å². The zero-order chi connectivity index (χ0) is 7.73. The number of likely N-dealkylation sites (N-methyl/N-ethyl adjacent to an activating group) is 1. The molecule has 64 valence electrons. The third kappa shape index (κ3) is 1.17. The van der Waals surface area contributed by atoms with Gasteiger partial charge in [0.05, 0.1) is 12.1 Å². The first kappa shape index (κ1) is 7.53. The second kappa shape index (κ2) is 2.73. The van der Waals surface area contributed by atoms with E-state index in [1.54, 1.807) is 0 Å². The van der Waals surface area contributed by atoms with Crippen molar-refractivity contribution in [3.63, 3.8) is 0 Å². The Bertz CT molecular complexity index is 143. The SMILES string of the molecule is CN1CCNC[C@@]12CCOC2. The minimum absolute atomic E-state index is 0.332. The average Bonchev–Trinajstić information content (AvgIpc) is 2.46. The van der Waals surface area contributed by atoms with Crippen LogP contribution in [0.25, 0.3) is 0 Å². The van der Waals surface area contributed by atoms with Gasteiger partial charge in [0.25, 0.3) is 0 Å². The van der Waals surface area contributed by atoms with Crippen molar-refractivity contribution in [3.8, 4) is 0 Å². The summed E-state index contributed by atoms with van der Waals surface area (Å²) in [5.41, 5.74) is 0.332. The van der Waals surface area contributed by atoms with Crippen molar-refractivity contribution in [1.29, 1.82) is 0 Å². The Labute approximate surface area is 67.7 Å². The van der Waals surface area contributed by atoms with Gasteiger partial charge >= 0.3 is 0 Å². The fourth-order valence-corrected chi connectivity index (χ4v) is 1.98. The number of piperazine rings is 1. The van der Waals surface area contributed by atoms with E-state index in [1.165, 1.54) is 6.42 Å². The molecule has 0 aromatic heterocycles. The summed E-state index contributed by atoms with van der Waals surface area (Å²) >= 11 is 0. The van der Waals surface area contributed by atoms with E-state index < -0.39 is 0 Å². The van der Waals surface area contributed by atoms with Gasteiger partial charge in [-0.1, -0.05) is 0 Å². The smallest absolute Gasteiger partial charge is 0.0663 e. The molecule has 0 saturated carbocycles. The van der Waals surface area contributed by atoms with Gasteiger partial charge in [-0.15, -0.1) is 0 Å². The van der Waals surface area contributed by atoms with Crippen LogP contribution in [0, 0.1) is 0 Å². The first-order chi connectivity index (χ1) is 5.33. The minimum atomic E-state index is 0.332. The molecular formula is C8H16N2O. The van der Waals surface area contributed by atoms with Crippen LogP contribution in [0.5, 0.6) is 0 Å². The van der Waals surface area contributed by atoms with E-state index in [2.05, 4.69) is 17.3 Å². The van der Waals surface area contributed by atoms with E-state index >= 15 is 0 Å². The lowest BCUT2D eigenvalue weighted by Gasteiger charge is -2.41. The van der Waals surface area contributed by atoms with Gasteiger partial charge in [0, 0.05) is 26.2 Å². The third-order valence-electron chi connectivity index (χ3n) is 2.97. The molecule has 0 aromatic carbocycles. The summed E-state index contributed by atoms with van der Waals surface area (Å²) in [6.45, 7) is 5.23. The summed E-state index contributed by atoms with van der Waals surface area (Å²) in [5.74, 6) is 0. The van der Waals surface area contributed by atoms with Crippen molar-refractivity contribution in [2.45, 2.75) is 12.0 Å². The molecule has 2 fully saturated rings. The Hall–Kier alpha value is -0.120. The molecule has 2 heterocycles. The van der Waals surface area contributed by atoms with Crippen LogP contribution in [-0.2, 0) is 4.74 Å². The molecule has 3 nitrogen and oxygen atoms in total. The van der Waals surface area contributed by atoms with Crippen molar-refractivity contribution >= 4 is 0 Å². The molecule has 1 atom stereocenters. The zero-order valence-corrected chi connectivity index (χ0v) is 7.10. The second-order valence-electron chi connectivity index (χ2n) is 3.63. The number of hydrogen-bond acceptors (Lipinski definition) is 3. The number of nitrogens with zero attached hydrogens (tertiary/aromatic N) is 1. The van der Waals surface area contributed by atoms with Gasteiger partial charge in [0.15, 0.2) is 0 Å². The molecule has 0 aromatic rings. The highest BCUT2D eigenvalue weighted by Crippen LogP contribution is 2.25. The van der Waals surface area contributed by atoms with Crippen molar-refractivity contribution in [2.24, 2.45) is 0 Å². The van der Waals surface area contributed by atoms with Crippen molar-refractivity contribution < 1.29 is 4.74 Å². The average molecular weight is 156 g/mol. The van der Waals surface area contributed by atoms with E-state index in [4.69, 9.17) is 4.74 Å². The van der Waals surface area contributed by atoms with Gasteiger partial charge in [0.1, 0.15) is 0 Å². The first-order valence-electron chi connectivity index (χ1n) is 4.33. The number of nitrogens with one attached hydrogen (secondary N) is 1. The predicted molar refractivity (Wildman–Crippen MR) is 43.7 cm³/mol. The molecule has 1 spiro atoms. The Morgan fingerprint density at radius 1 is 1.55 bits per heavy atom. The first-order valence-corrected chi connectivity index (χ1v) is 4.33. The normalized spacial score (nSPS) is 40.1. The lowest BCUT2D eigenvalue weighted by molar-refractivity contribution is 0.0671. The molecular weight excluding hydrogens is 140 g/mol. The van der Waals surface area contributed by atoms with Crippen molar-refractivity contribution in [1.82, 2.24) is 10.2 Å². The fraction of sp³-hybridized carbons (Fsp3) is 1.00. The van der Waals surface area contributed by atoms with E-state index in [1.807, 2.05) is 0 Å². The van der Waals surface area contributed by atoms with Crippen LogP contribution in [0.3, 0.4) is 0 Å². The highest BCUT2D eigenvalue weighted by atomic mass is 16.5. The molecule has 0 unspecified atom stereocenters. The van der Waals surface area contributed by atoms with Gasteiger partial charge in [-0.25, -0.2) is 0 Å². The molecule has 2 saturated heterocycles. The molecule has 0 aliphatic carbocycles. The Kier molecular flexibility index (Phi) is 1.87.